The minimum Gasteiger partial charge on any atom is -0.375 e. The quantitative estimate of drug-likeness (QED) is 0.678. The molecule has 19 heavy (non-hydrogen) atoms. The number of hydrogen-bond donors (Lipinski definition) is 1. The lowest BCUT2D eigenvalue weighted by molar-refractivity contribution is 0.908. The van der Waals surface area contributed by atoms with Gasteiger partial charge < -0.3 is 5.32 Å². The van der Waals surface area contributed by atoms with Crippen LogP contribution in [0.4, 0.5) is 5.69 Å². The van der Waals surface area contributed by atoms with Gasteiger partial charge in [0.05, 0.1) is 21.8 Å². The van der Waals surface area contributed by atoms with E-state index in [0.29, 0.717) is 15.1 Å². The normalized spacial score (nSPS) is 12.5. The van der Waals surface area contributed by atoms with Crippen molar-refractivity contribution in [2.75, 3.05) is 5.32 Å². The summed E-state index contributed by atoms with van der Waals surface area (Å²) < 4.78 is 0. The van der Waals surface area contributed by atoms with Crippen molar-refractivity contribution in [2.45, 2.75) is 26.3 Å². The molecule has 0 bridgehead atoms. The van der Waals surface area contributed by atoms with E-state index >= 15 is 0 Å². The maximum absolute atomic E-state index is 6.17. The van der Waals surface area contributed by atoms with Crippen LogP contribution in [-0.2, 0) is 6.42 Å². The van der Waals surface area contributed by atoms with Gasteiger partial charge in [0.25, 0.3) is 0 Å². The first kappa shape index (κ1) is 15.0. The van der Waals surface area contributed by atoms with Gasteiger partial charge in [0, 0.05) is 14.8 Å². The number of thiophene rings is 1. The van der Waals surface area contributed by atoms with Gasteiger partial charge in [-0.3, -0.25) is 0 Å². The van der Waals surface area contributed by atoms with Crippen LogP contribution >= 0.6 is 46.1 Å². The summed E-state index contributed by atoms with van der Waals surface area (Å²) in [5, 5.41) is 4.96. The van der Waals surface area contributed by atoms with Gasteiger partial charge in [-0.1, -0.05) is 41.7 Å². The van der Waals surface area contributed by atoms with E-state index in [-0.39, 0.29) is 6.04 Å². The van der Waals surface area contributed by atoms with Crippen LogP contribution in [0.3, 0.4) is 0 Å². The van der Waals surface area contributed by atoms with Crippen molar-refractivity contribution in [3.8, 4) is 0 Å². The van der Waals surface area contributed by atoms with Crippen LogP contribution in [0.5, 0.6) is 0 Å². The Morgan fingerprint density at radius 3 is 2.32 bits per heavy atom. The molecule has 102 valence electrons. The molecular weight excluding hydrogens is 321 g/mol. The van der Waals surface area contributed by atoms with E-state index < -0.39 is 0 Å². The third-order valence-electron chi connectivity index (χ3n) is 2.83. The highest BCUT2D eigenvalue weighted by molar-refractivity contribution is 7.12. The average molecular weight is 335 g/mol. The lowest BCUT2D eigenvalue weighted by Crippen LogP contribution is -2.05. The molecule has 1 N–H and O–H groups in total. The Labute approximate surface area is 132 Å². The average Bonchev–Trinajstić information content (AvgIpc) is 2.82. The predicted molar refractivity (Wildman–Crippen MR) is 87.2 cm³/mol. The third-order valence-corrected chi connectivity index (χ3v) is 5.05. The Bertz CT molecular complexity index is 557. The monoisotopic (exact) mass is 333 g/mol. The molecular formula is C14H14Cl3NS. The second kappa shape index (κ2) is 6.36. The summed E-state index contributed by atoms with van der Waals surface area (Å²) in [6, 6.07) is 7.83. The van der Waals surface area contributed by atoms with Crippen molar-refractivity contribution in [1.82, 2.24) is 0 Å². The zero-order chi connectivity index (χ0) is 14.0. The topological polar surface area (TPSA) is 12.0 Å². The van der Waals surface area contributed by atoms with E-state index in [1.54, 1.807) is 23.5 Å². The highest BCUT2D eigenvalue weighted by Crippen LogP contribution is 2.36. The minimum absolute atomic E-state index is 0.154. The Morgan fingerprint density at radius 1 is 1.16 bits per heavy atom. The van der Waals surface area contributed by atoms with Crippen molar-refractivity contribution in [2.24, 2.45) is 0 Å². The van der Waals surface area contributed by atoms with Gasteiger partial charge in [0.15, 0.2) is 0 Å². The predicted octanol–water partition coefficient (Wildman–Crippen LogP) is 6.44. The molecule has 0 spiro atoms. The van der Waals surface area contributed by atoms with E-state index in [2.05, 4.69) is 31.3 Å². The van der Waals surface area contributed by atoms with Crippen molar-refractivity contribution >= 4 is 51.8 Å². The molecule has 0 saturated heterocycles. The molecule has 0 aliphatic heterocycles. The van der Waals surface area contributed by atoms with Crippen molar-refractivity contribution in [3.63, 3.8) is 0 Å². The van der Waals surface area contributed by atoms with Crippen LogP contribution in [-0.4, -0.2) is 0 Å². The van der Waals surface area contributed by atoms with E-state index in [1.807, 2.05) is 0 Å². The molecule has 1 heterocycles. The number of hydrogen-bond acceptors (Lipinski definition) is 2. The van der Waals surface area contributed by atoms with Crippen molar-refractivity contribution in [3.05, 3.63) is 49.1 Å². The zero-order valence-corrected chi connectivity index (χ0v) is 13.7. The smallest absolute Gasteiger partial charge is 0.0724 e. The Balaban J connectivity index is 2.21. The molecule has 2 rings (SSSR count). The second-order valence-corrected chi connectivity index (χ2v) is 6.72. The SMILES string of the molecule is CCc1ccc(C(C)Nc2c(Cl)cc(Cl)cc2Cl)s1. The van der Waals surface area contributed by atoms with Gasteiger partial charge in [-0.25, -0.2) is 0 Å². The molecule has 1 unspecified atom stereocenters. The molecule has 0 radical (unpaired) electrons. The van der Waals surface area contributed by atoms with Crippen molar-refractivity contribution < 1.29 is 0 Å². The molecule has 5 heteroatoms. The van der Waals surface area contributed by atoms with Crippen molar-refractivity contribution in [1.29, 1.82) is 0 Å². The Morgan fingerprint density at radius 2 is 1.79 bits per heavy atom. The van der Waals surface area contributed by atoms with Gasteiger partial charge in [-0.2, -0.15) is 0 Å². The first-order chi connectivity index (χ1) is 9.01. The number of aryl methyl sites for hydroxylation is 1. The zero-order valence-electron chi connectivity index (χ0n) is 10.6. The first-order valence-corrected chi connectivity index (χ1v) is 7.96. The largest absolute Gasteiger partial charge is 0.375 e. The fourth-order valence-electron chi connectivity index (χ4n) is 1.78. The van der Waals surface area contributed by atoms with E-state index in [1.165, 1.54) is 9.75 Å². The van der Waals surface area contributed by atoms with Gasteiger partial charge in [0.1, 0.15) is 0 Å². The number of nitrogens with one attached hydrogen (secondary N) is 1. The van der Waals surface area contributed by atoms with Crippen LogP contribution in [0, 0.1) is 0 Å². The summed E-state index contributed by atoms with van der Waals surface area (Å²) in [7, 11) is 0. The highest BCUT2D eigenvalue weighted by atomic mass is 35.5. The lowest BCUT2D eigenvalue weighted by atomic mass is 10.2. The van der Waals surface area contributed by atoms with Gasteiger partial charge in [0.2, 0.25) is 0 Å². The molecule has 0 fully saturated rings. The number of benzene rings is 1. The fraction of sp³-hybridized carbons (Fsp3) is 0.286. The first-order valence-electron chi connectivity index (χ1n) is 6.01. The minimum atomic E-state index is 0.154. The van der Waals surface area contributed by atoms with Gasteiger partial charge in [-0.15, -0.1) is 11.3 Å². The highest BCUT2D eigenvalue weighted by Gasteiger charge is 2.13. The molecule has 0 amide bonds. The number of rotatable bonds is 4. The Hall–Kier alpha value is -0.410. The van der Waals surface area contributed by atoms with Crippen LogP contribution in [0.25, 0.3) is 0 Å². The molecule has 0 aliphatic rings. The molecule has 1 aromatic heterocycles. The van der Waals surface area contributed by atoms with Gasteiger partial charge >= 0.3 is 0 Å². The fourth-order valence-corrected chi connectivity index (χ4v) is 3.67. The van der Waals surface area contributed by atoms with E-state index in [9.17, 15) is 0 Å². The molecule has 2 aromatic rings. The summed E-state index contributed by atoms with van der Waals surface area (Å²) in [6.07, 6.45) is 1.06. The van der Waals surface area contributed by atoms with Crippen LogP contribution in [0.1, 0.15) is 29.6 Å². The third kappa shape index (κ3) is 3.57. The summed E-state index contributed by atoms with van der Waals surface area (Å²) in [6.45, 7) is 4.24. The molecule has 0 aliphatic carbocycles. The number of anilines is 1. The van der Waals surface area contributed by atoms with Gasteiger partial charge in [-0.05, 0) is 37.6 Å². The maximum Gasteiger partial charge on any atom is 0.0724 e. The second-order valence-electron chi connectivity index (χ2n) is 4.27. The summed E-state index contributed by atoms with van der Waals surface area (Å²) in [5.74, 6) is 0. The van der Waals surface area contributed by atoms with E-state index in [0.717, 1.165) is 12.1 Å². The standard InChI is InChI=1S/C14H14Cl3NS/c1-3-10-4-5-13(19-10)8(2)18-14-11(16)6-9(15)7-12(14)17/h4-8,18H,3H2,1-2H3. The van der Waals surface area contributed by atoms with Crippen LogP contribution in [0.2, 0.25) is 15.1 Å². The molecule has 1 atom stereocenters. The Kier molecular flexibility index (Phi) is 5.02. The van der Waals surface area contributed by atoms with Crippen LogP contribution in [0.15, 0.2) is 24.3 Å². The summed E-state index contributed by atoms with van der Waals surface area (Å²) >= 11 is 20.0. The maximum atomic E-state index is 6.17. The molecule has 0 saturated carbocycles. The molecule has 1 nitrogen and oxygen atoms in total. The molecule has 1 aromatic carbocycles. The van der Waals surface area contributed by atoms with E-state index in [4.69, 9.17) is 34.8 Å². The lowest BCUT2D eigenvalue weighted by Gasteiger charge is -2.16. The summed E-state index contributed by atoms with van der Waals surface area (Å²) in [4.78, 5) is 2.64. The number of halogens is 3. The summed E-state index contributed by atoms with van der Waals surface area (Å²) in [5.41, 5.74) is 0.728. The van der Waals surface area contributed by atoms with Crippen LogP contribution < -0.4 is 5.32 Å².